The highest BCUT2D eigenvalue weighted by atomic mass is 127. The molecular formula is C15H19IN4. The molecule has 2 heterocycles. The van der Waals surface area contributed by atoms with E-state index in [4.69, 9.17) is 5.73 Å². The molecule has 0 saturated carbocycles. The van der Waals surface area contributed by atoms with Gasteiger partial charge in [0.25, 0.3) is 0 Å². The number of benzene rings is 1. The lowest BCUT2D eigenvalue weighted by molar-refractivity contribution is 0.174. The number of aromatic nitrogens is 2. The Morgan fingerprint density at radius 1 is 1.20 bits per heavy atom. The minimum absolute atomic E-state index is 0.450. The van der Waals surface area contributed by atoms with Gasteiger partial charge in [0.15, 0.2) is 0 Å². The van der Waals surface area contributed by atoms with Crippen molar-refractivity contribution in [2.24, 2.45) is 0 Å². The van der Waals surface area contributed by atoms with Crippen molar-refractivity contribution in [2.75, 3.05) is 18.8 Å². The van der Waals surface area contributed by atoms with E-state index in [0.717, 1.165) is 41.9 Å². The average molecular weight is 382 g/mol. The fourth-order valence-electron chi connectivity index (χ4n) is 2.81. The molecule has 0 atom stereocenters. The van der Waals surface area contributed by atoms with Crippen molar-refractivity contribution in [2.45, 2.75) is 25.4 Å². The minimum Gasteiger partial charge on any atom is -0.383 e. The summed E-state index contributed by atoms with van der Waals surface area (Å²) >= 11 is 2.24. The Hall–Kier alpha value is -1.08. The van der Waals surface area contributed by atoms with Crippen LogP contribution in [-0.4, -0.2) is 27.8 Å². The number of halogens is 1. The monoisotopic (exact) mass is 382 g/mol. The Kier molecular flexibility index (Phi) is 4.26. The third-order valence-corrected chi connectivity index (χ3v) is 4.77. The van der Waals surface area contributed by atoms with Gasteiger partial charge in [0.05, 0.1) is 15.8 Å². The van der Waals surface area contributed by atoms with Crippen molar-refractivity contribution in [1.82, 2.24) is 14.7 Å². The molecule has 0 aliphatic carbocycles. The number of piperidine rings is 1. The second-order valence-electron chi connectivity index (χ2n) is 5.32. The maximum absolute atomic E-state index is 6.07. The fraction of sp³-hybridized carbons (Fsp3) is 0.400. The van der Waals surface area contributed by atoms with Gasteiger partial charge in [-0.05, 0) is 41.0 Å². The fourth-order valence-corrected chi connectivity index (χ4v) is 3.18. The molecule has 0 unspecified atom stereocenters. The van der Waals surface area contributed by atoms with E-state index in [0.29, 0.717) is 6.04 Å². The number of rotatable bonds is 3. The van der Waals surface area contributed by atoms with E-state index in [-0.39, 0.29) is 0 Å². The Labute approximate surface area is 133 Å². The third kappa shape index (κ3) is 2.98. The largest absolute Gasteiger partial charge is 0.383 e. The van der Waals surface area contributed by atoms with Gasteiger partial charge >= 0.3 is 0 Å². The van der Waals surface area contributed by atoms with Crippen LogP contribution in [0, 0.1) is 3.57 Å². The summed E-state index contributed by atoms with van der Waals surface area (Å²) in [5.41, 5.74) is 7.46. The first kappa shape index (κ1) is 13.9. The van der Waals surface area contributed by atoms with E-state index in [1.54, 1.807) is 0 Å². The molecule has 106 valence electrons. The van der Waals surface area contributed by atoms with Crippen LogP contribution in [-0.2, 0) is 6.54 Å². The highest BCUT2D eigenvalue weighted by Crippen LogP contribution is 2.27. The van der Waals surface area contributed by atoms with Gasteiger partial charge in [-0.15, -0.1) is 0 Å². The smallest absolute Gasteiger partial charge is 0.135 e. The van der Waals surface area contributed by atoms with Crippen LogP contribution in [0.3, 0.4) is 0 Å². The second kappa shape index (κ2) is 6.13. The van der Waals surface area contributed by atoms with Gasteiger partial charge in [0, 0.05) is 19.6 Å². The molecule has 0 radical (unpaired) electrons. The summed E-state index contributed by atoms with van der Waals surface area (Å²) in [6.45, 7) is 3.25. The summed E-state index contributed by atoms with van der Waals surface area (Å²) < 4.78 is 3.05. The van der Waals surface area contributed by atoms with Gasteiger partial charge in [0.1, 0.15) is 5.82 Å². The standard InChI is InChI=1S/C15H19IN4/c16-14-10-18-20(15(14)17)13-6-8-19(9-7-13)11-12-4-2-1-3-5-12/h1-5,10,13H,6-9,11,17H2. The molecule has 0 bridgehead atoms. The lowest BCUT2D eigenvalue weighted by atomic mass is 10.0. The molecule has 1 aliphatic rings. The Bertz CT molecular complexity index is 559. The first-order valence-electron chi connectivity index (χ1n) is 6.99. The van der Waals surface area contributed by atoms with Crippen molar-refractivity contribution in [3.8, 4) is 0 Å². The van der Waals surface area contributed by atoms with Crippen LogP contribution >= 0.6 is 22.6 Å². The summed E-state index contributed by atoms with van der Waals surface area (Å²) in [5, 5.41) is 4.41. The van der Waals surface area contributed by atoms with Crippen LogP contribution < -0.4 is 5.73 Å². The lowest BCUT2D eigenvalue weighted by Crippen LogP contribution is -2.34. The SMILES string of the molecule is Nc1c(I)cnn1C1CCN(Cc2ccccc2)CC1. The molecule has 0 amide bonds. The van der Waals surface area contributed by atoms with E-state index < -0.39 is 0 Å². The quantitative estimate of drug-likeness (QED) is 0.831. The molecule has 2 N–H and O–H groups in total. The molecule has 2 aromatic rings. The number of likely N-dealkylation sites (tertiary alicyclic amines) is 1. The highest BCUT2D eigenvalue weighted by Gasteiger charge is 2.22. The van der Waals surface area contributed by atoms with Gasteiger partial charge in [-0.3, -0.25) is 4.90 Å². The average Bonchev–Trinajstić information content (AvgIpc) is 2.81. The number of nitrogen functional groups attached to an aromatic ring is 1. The molecule has 1 aromatic carbocycles. The van der Waals surface area contributed by atoms with Crippen molar-refractivity contribution >= 4 is 28.4 Å². The maximum atomic E-state index is 6.07. The summed E-state index contributed by atoms with van der Waals surface area (Å²) in [7, 11) is 0. The van der Waals surface area contributed by atoms with Gasteiger partial charge in [-0.1, -0.05) is 30.3 Å². The van der Waals surface area contributed by atoms with Gasteiger partial charge in [-0.25, -0.2) is 4.68 Å². The molecule has 1 aromatic heterocycles. The van der Waals surface area contributed by atoms with Gasteiger partial charge < -0.3 is 5.73 Å². The molecular weight excluding hydrogens is 363 g/mol. The van der Waals surface area contributed by atoms with Crippen LogP contribution in [0.15, 0.2) is 36.5 Å². The topological polar surface area (TPSA) is 47.1 Å². The summed E-state index contributed by atoms with van der Waals surface area (Å²) in [6.07, 6.45) is 4.09. The van der Waals surface area contributed by atoms with E-state index in [2.05, 4.69) is 62.9 Å². The predicted octanol–water partition coefficient (Wildman–Crippen LogP) is 2.91. The van der Waals surface area contributed by atoms with Crippen LogP contribution in [0.4, 0.5) is 5.82 Å². The molecule has 5 heteroatoms. The number of hydrogen-bond acceptors (Lipinski definition) is 3. The number of anilines is 1. The molecule has 3 rings (SSSR count). The molecule has 0 spiro atoms. The third-order valence-electron chi connectivity index (χ3n) is 3.94. The maximum Gasteiger partial charge on any atom is 0.135 e. The van der Waals surface area contributed by atoms with Crippen LogP contribution in [0.25, 0.3) is 0 Å². The Morgan fingerprint density at radius 2 is 1.90 bits per heavy atom. The Balaban J connectivity index is 1.58. The zero-order valence-corrected chi connectivity index (χ0v) is 13.5. The molecule has 4 nitrogen and oxygen atoms in total. The number of nitrogens with zero attached hydrogens (tertiary/aromatic N) is 3. The summed E-state index contributed by atoms with van der Waals surface area (Å²) in [4.78, 5) is 2.51. The van der Waals surface area contributed by atoms with E-state index in [1.165, 1.54) is 5.56 Å². The van der Waals surface area contributed by atoms with Crippen molar-refractivity contribution in [3.63, 3.8) is 0 Å². The first-order chi connectivity index (χ1) is 9.74. The lowest BCUT2D eigenvalue weighted by Gasteiger charge is -2.32. The molecule has 20 heavy (non-hydrogen) atoms. The minimum atomic E-state index is 0.450. The summed E-state index contributed by atoms with van der Waals surface area (Å²) in [6, 6.07) is 11.1. The summed E-state index contributed by atoms with van der Waals surface area (Å²) in [5.74, 6) is 0.812. The molecule has 1 fully saturated rings. The molecule has 1 aliphatic heterocycles. The van der Waals surface area contributed by atoms with Crippen LogP contribution in [0.2, 0.25) is 0 Å². The zero-order chi connectivity index (χ0) is 13.9. The van der Waals surface area contributed by atoms with Gasteiger partial charge in [-0.2, -0.15) is 5.10 Å². The van der Waals surface area contributed by atoms with Crippen LogP contribution in [0.1, 0.15) is 24.4 Å². The Morgan fingerprint density at radius 3 is 2.50 bits per heavy atom. The van der Waals surface area contributed by atoms with Crippen molar-refractivity contribution in [3.05, 3.63) is 45.7 Å². The van der Waals surface area contributed by atoms with Gasteiger partial charge in [0.2, 0.25) is 0 Å². The second-order valence-corrected chi connectivity index (χ2v) is 6.48. The van der Waals surface area contributed by atoms with E-state index in [9.17, 15) is 0 Å². The number of nitrogens with two attached hydrogens (primary N) is 1. The normalized spacial score (nSPS) is 17.4. The first-order valence-corrected chi connectivity index (χ1v) is 8.06. The van der Waals surface area contributed by atoms with Crippen molar-refractivity contribution in [1.29, 1.82) is 0 Å². The highest BCUT2D eigenvalue weighted by molar-refractivity contribution is 14.1. The van der Waals surface area contributed by atoms with E-state index >= 15 is 0 Å². The van der Waals surface area contributed by atoms with Crippen molar-refractivity contribution < 1.29 is 0 Å². The predicted molar refractivity (Wildman–Crippen MR) is 89.3 cm³/mol. The van der Waals surface area contributed by atoms with Crippen LogP contribution in [0.5, 0.6) is 0 Å². The van der Waals surface area contributed by atoms with E-state index in [1.807, 2.05) is 10.9 Å². The number of hydrogen-bond donors (Lipinski definition) is 1. The molecule has 1 saturated heterocycles. The zero-order valence-electron chi connectivity index (χ0n) is 11.4.